The van der Waals surface area contributed by atoms with Crippen LogP contribution in [0.5, 0.6) is 0 Å². The zero-order chi connectivity index (χ0) is 17.1. The number of benzene rings is 2. The molecule has 0 spiro atoms. The highest BCUT2D eigenvalue weighted by molar-refractivity contribution is 5.72. The monoisotopic (exact) mass is 321 g/mol. The third-order valence-corrected chi connectivity index (χ3v) is 3.70. The summed E-state index contributed by atoms with van der Waals surface area (Å²) in [5, 5.41) is 11.1. The summed E-state index contributed by atoms with van der Waals surface area (Å²) in [7, 11) is 0. The van der Waals surface area contributed by atoms with Crippen molar-refractivity contribution in [3.05, 3.63) is 63.2 Å². The molecule has 0 saturated heterocycles. The van der Waals surface area contributed by atoms with E-state index in [1.54, 1.807) is 0 Å². The molecule has 0 aliphatic heterocycles. The summed E-state index contributed by atoms with van der Waals surface area (Å²) in [6.07, 6.45) is 0.571. The van der Waals surface area contributed by atoms with Crippen molar-refractivity contribution in [2.24, 2.45) is 5.92 Å². The van der Waals surface area contributed by atoms with Crippen molar-refractivity contribution >= 4 is 17.1 Å². The van der Waals surface area contributed by atoms with Crippen molar-refractivity contribution in [3.8, 4) is 0 Å². The Morgan fingerprint density at radius 1 is 1.17 bits per heavy atom. The van der Waals surface area contributed by atoms with Gasteiger partial charge in [-0.15, -0.1) is 0 Å². The average Bonchev–Trinajstić information content (AvgIpc) is 2.46. The number of hydrogen-bond acceptors (Lipinski definition) is 4. The van der Waals surface area contributed by atoms with E-state index in [1.165, 1.54) is 24.3 Å². The molecular formula is C16H17F2N3O2. The Morgan fingerprint density at radius 2 is 1.87 bits per heavy atom. The fraction of sp³-hybridized carbons (Fsp3) is 0.250. The van der Waals surface area contributed by atoms with Gasteiger partial charge in [-0.05, 0) is 36.5 Å². The molecule has 0 bridgehead atoms. The lowest BCUT2D eigenvalue weighted by Gasteiger charge is -2.15. The molecule has 1 unspecified atom stereocenters. The van der Waals surface area contributed by atoms with Crippen LogP contribution in [-0.4, -0.2) is 4.92 Å². The second kappa shape index (κ2) is 6.60. The molecule has 0 saturated carbocycles. The van der Waals surface area contributed by atoms with Crippen LogP contribution >= 0.6 is 0 Å². The molecule has 23 heavy (non-hydrogen) atoms. The first-order chi connectivity index (χ1) is 10.8. The number of nitro benzene ring substituents is 1. The van der Waals surface area contributed by atoms with E-state index in [-0.39, 0.29) is 29.4 Å². The van der Waals surface area contributed by atoms with Crippen LogP contribution in [0.2, 0.25) is 0 Å². The highest BCUT2D eigenvalue weighted by Crippen LogP contribution is 2.32. The molecule has 122 valence electrons. The molecule has 0 radical (unpaired) electrons. The van der Waals surface area contributed by atoms with Crippen LogP contribution in [0.1, 0.15) is 18.1 Å². The zero-order valence-electron chi connectivity index (χ0n) is 12.6. The van der Waals surface area contributed by atoms with Gasteiger partial charge < -0.3 is 11.5 Å². The number of halogens is 2. The minimum Gasteiger partial charge on any atom is -0.397 e. The van der Waals surface area contributed by atoms with Crippen LogP contribution in [-0.2, 0) is 12.8 Å². The molecule has 0 heterocycles. The first-order valence-electron chi connectivity index (χ1n) is 7.04. The standard InChI is InChI=1S/C16H17F2N3O2/c1-9(6-10-2-3-11(17)8-13(10)18)7-12-15(21(22)23)5-4-14(19)16(12)20/h2-5,8-9H,6-7,19-20H2,1H3. The van der Waals surface area contributed by atoms with Crippen LogP contribution in [0.3, 0.4) is 0 Å². The van der Waals surface area contributed by atoms with Crippen LogP contribution in [0.4, 0.5) is 25.8 Å². The summed E-state index contributed by atoms with van der Waals surface area (Å²) in [5.41, 5.74) is 12.6. The summed E-state index contributed by atoms with van der Waals surface area (Å²) in [4.78, 5) is 10.6. The van der Waals surface area contributed by atoms with Gasteiger partial charge in [0.1, 0.15) is 11.6 Å². The smallest absolute Gasteiger partial charge is 0.274 e. The van der Waals surface area contributed by atoms with Crippen LogP contribution < -0.4 is 11.5 Å². The fourth-order valence-electron chi connectivity index (χ4n) is 2.54. The van der Waals surface area contributed by atoms with E-state index in [1.807, 2.05) is 6.92 Å². The van der Waals surface area contributed by atoms with Gasteiger partial charge in [-0.25, -0.2) is 8.78 Å². The molecule has 0 aliphatic carbocycles. The van der Waals surface area contributed by atoms with Gasteiger partial charge in [0.2, 0.25) is 0 Å². The van der Waals surface area contributed by atoms with Gasteiger partial charge in [0.15, 0.2) is 0 Å². The number of anilines is 2. The quantitative estimate of drug-likeness (QED) is 0.501. The molecule has 0 aromatic heterocycles. The van der Waals surface area contributed by atoms with Gasteiger partial charge in [0, 0.05) is 12.1 Å². The Hall–Kier alpha value is -2.70. The van der Waals surface area contributed by atoms with Crippen molar-refractivity contribution in [1.29, 1.82) is 0 Å². The summed E-state index contributed by atoms with van der Waals surface area (Å²) >= 11 is 0. The molecule has 0 aliphatic rings. The number of hydrogen-bond donors (Lipinski definition) is 2. The number of nitrogens with two attached hydrogens (primary N) is 2. The SMILES string of the molecule is CC(Cc1ccc(F)cc1F)Cc1c([N+](=O)[O-])ccc(N)c1N. The van der Waals surface area contributed by atoms with Gasteiger partial charge in [-0.1, -0.05) is 13.0 Å². The normalized spacial score (nSPS) is 12.1. The lowest BCUT2D eigenvalue weighted by molar-refractivity contribution is -0.385. The third kappa shape index (κ3) is 3.74. The van der Waals surface area contributed by atoms with Crippen molar-refractivity contribution in [1.82, 2.24) is 0 Å². The average molecular weight is 321 g/mol. The maximum atomic E-state index is 13.7. The number of rotatable bonds is 5. The van der Waals surface area contributed by atoms with E-state index in [4.69, 9.17) is 11.5 Å². The second-order valence-corrected chi connectivity index (χ2v) is 5.57. The molecule has 2 aromatic carbocycles. The largest absolute Gasteiger partial charge is 0.397 e. The van der Waals surface area contributed by atoms with Gasteiger partial charge in [-0.2, -0.15) is 0 Å². The van der Waals surface area contributed by atoms with Crippen molar-refractivity contribution < 1.29 is 13.7 Å². The Labute approximate surface area is 132 Å². The predicted molar refractivity (Wildman–Crippen MR) is 84.9 cm³/mol. The molecule has 1 atom stereocenters. The fourth-order valence-corrected chi connectivity index (χ4v) is 2.54. The van der Waals surface area contributed by atoms with Gasteiger partial charge in [0.05, 0.1) is 21.9 Å². The van der Waals surface area contributed by atoms with Crippen LogP contribution in [0, 0.1) is 27.7 Å². The topological polar surface area (TPSA) is 95.2 Å². The molecule has 2 aromatic rings. The van der Waals surface area contributed by atoms with E-state index < -0.39 is 16.6 Å². The Balaban J connectivity index is 2.25. The van der Waals surface area contributed by atoms with E-state index in [0.29, 0.717) is 17.5 Å². The van der Waals surface area contributed by atoms with Crippen LogP contribution in [0.25, 0.3) is 0 Å². The van der Waals surface area contributed by atoms with Gasteiger partial charge in [-0.3, -0.25) is 10.1 Å². The summed E-state index contributed by atoms with van der Waals surface area (Å²) in [5.74, 6) is -1.42. The Morgan fingerprint density at radius 3 is 2.48 bits per heavy atom. The van der Waals surface area contributed by atoms with E-state index in [0.717, 1.165) is 6.07 Å². The lowest BCUT2D eigenvalue weighted by Crippen LogP contribution is -2.11. The molecular weight excluding hydrogens is 304 g/mol. The minimum absolute atomic E-state index is 0.108. The number of nitrogens with zero attached hydrogens (tertiary/aromatic N) is 1. The molecule has 0 fully saturated rings. The number of nitro groups is 1. The molecule has 7 heteroatoms. The van der Waals surface area contributed by atoms with Crippen LogP contribution in [0.15, 0.2) is 30.3 Å². The van der Waals surface area contributed by atoms with Crippen molar-refractivity contribution in [2.45, 2.75) is 19.8 Å². The lowest BCUT2D eigenvalue weighted by atomic mass is 9.92. The maximum absolute atomic E-state index is 13.7. The highest BCUT2D eigenvalue weighted by Gasteiger charge is 2.21. The van der Waals surface area contributed by atoms with Crippen molar-refractivity contribution in [3.63, 3.8) is 0 Å². The molecule has 0 amide bonds. The first kappa shape index (κ1) is 16.7. The zero-order valence-corrected chi connectivity index (χ0v) is 12.6. The Bertz CT molecular complexity index is 750. The van der Waals surface area contributed by atoms with E-state index >= 15 is 0 Å². The van der Waals surface area contributed by atoms with Gasteiger partial charge in [0.25, 0.3) is 5.69 Å². The molecule has 5 nitrogen and oxygen atoms in total. The summed E-state index contributed by atoms with van der Waals surface area (Å²) in [6, 6.07) is 6.08. The maximum Gasteiger partial charge on any atom is 0.274 e. The number of nitrogen functional groups attached to an aromatic ring is 2. The van der Waals surface area contributed by atoms with E-state index in [9.17, 15) is 18.9 Å². The Kier molecular flexibility index (Phi) is 4.78. The first-order valence-corrected chi connectivity index (χ1v) is 7.04. The molecule has 4 N–H and O–H groups in total. The summed E-state index contributed by atoms with van der Waals surface area (Å²) < 4.78 is 26.6. The summed E-state index contributed by atoms with van der Waals surface area (Å²) in [6.45, 7) is 1.81. The van der Waals surface area contributed by atoms with Gasteiger partial charge >= 0.3 is 0 Å². The third-order valence-electron chi connectivity index (χ3n) is 3.70. The highest BCUT2D eigenvalue weighted by atomic mass is 19.1. The van der Waals surface area contributed by atoms with Crippen molar-refractivity contribution in [2.75, 3.05) is 11.5 Å². The predicted octanol–water partition coefficient (Wildman–Crippen LogP) is 3.46. The molecule has 2 rings (SSSR count). The minimum atomic E-state index is -0.644. The second-order valence-electron chi connectivity index (χ2n) is 5.57. The van der Waals surface area contributed by atoms with E-state index in [2.05, 4.69) is 0 Å².